The van der Waals surface area contributed by atoms with Crippen molar-refractivity contribution in [3.63, 3.8) is 0 Å². The second-order valence-electron chi connectivity index (χ2n) is 6.92. The van der Waals surface area contributed by atoms with Crippen molar-refractivity contribution in [2.45, 2.75) is 26.8 Å². The number of halogens is 1. The third-order valence-electron chi connectivity index (χ3n) is 4.13. The molecule has 0 unspecified atom stereocenters. The third kappa shape index (κ3) is 3.90. The van der Waals surface area contributed by atoms with Crippen LogP contribution in [0.2, 0.25) is 0 Å². The highest BCUT2D eigenvalue weighted by Gasteiger charge is 2.30. The standard InChI is InChI=1S/C17H27FN4/c1-17(2)8-9-22(12-17)16(19-3)20-11-13-6-7-15(21(4)5)14(18)10-13/h6-7,10H,8-9,11-12H2,1-5H3,(H,19,20). The van der Waals surface area contributed by atoms with E-state index in [-0.39, 0.29) is 5.82 Å². The molecule has 1 heterocycles. The van der Waals surface area contributed by atoms with Gasteiger partial charge in [-0.3, -0.25) is 4.99 Å². The van der Waals surface area contributed by atoms with Gasteiger partial charge in [-0.1, -0.05) is 19.9 Å². The van der Waals surface area contributed by atoms with E-state index >= 15 is 0 Å². The lowest BCUT2D eigenvalue weighted by Gasteiger charge is -2.24. The zero-order chi connectivity index (χ0) is 16.3. The first-order chi connectivity index (χ1) is 10.3. The molecule has 0 aromatic heterocycles. The van der Waals surface area contributed by atoms with Gasteiger partial charge in [0.25, 0.3) is 0 Å². The topological polar surface area (TPSA) is 30.9 Å². The van der Waals surface area contributed by atoms with Crippen LogP contribution in [0.25, 0.3) is 0 Å². The Morgan fingerprint density at radius 3 is 2.64 bits per heavy atom. The number of rotatable bonds is 3. The summed E-state index contributed by atoms with van der Waals surface area (Å²) in [7, 11) is 5.48. The van der Waals surface area contributed by atoms with Crippen LogP contribution in [0.5, 0.6) is 0 Å². The molecule has 1 aliphatic rings. The molecule has 1 N–H and O–H groups in total. The summed E-state index contributed by atoms with van der Waals surface area (Å²) in [6.07, 6.45) is 1.17. The number of hydrogen-bond acceptors (Lipinski definition) is 2. The summed E-state index contributed by atoms with van der Waals surface area (Å²) < 4.78 is 14.0. The Morgan fingerprint density at radius 1 is 1.41 bits per heavy atom. The molecule has 22 heavy (non-hydrogen) atoms. The van der Waals surface area contributed by atoms with Crippen LogP contribution in [0.15, 0.2) is 23.2 Å². The molecule has 0 aliphatic carbocycles. The van der Waals surface area contributed by atoms with Crippen LogP contribution in [-0.4, -0.2) is 45.1 Å². The summed E-state index contributed by atoms with van der Waals surface area (Å²) in [5, 5.41) is 3.34. The highest BCUT2D eigenvalue weighted by molar-refractivity contribution is 5.80. The van der Waals surface area contributed by atoms with Gasteiger partial charge in [0, 0.05) is 40.8 Å². The smallest absolute Gasteiger partial charge is 0.193 e. The van der Waals surface area contributed by atoms with Crippen molar-refractivity contribution in [3.05, 3.63) is 29.6 Å². The van der Waals surface area contributed by atoms with Crippen molar-refractivity contribution in [1.82, 2.24) is 10.2 Å². The Labute approximate surface area is 133 Å². The molecule has 0 radical (unpaired) electrons. The Balaban J connectivity index is 1.98. The maximum atomic E-state index is 14.0. The number of nitrogens with zero attached hydrogens (tertiary/aromatic N) is 3. The fourth-order valence-corrected chi connectivity index (χ4v) is 2.83. The summed E-state index contributed by atoms with van der Waals surface area (Å²) in [6.45, 7) is 7.14. The molecule has 1 aromatic carbocycles. The number of nitrogens with one attached hydrogen (secondary N) is 1. The first-order valence-corrected chi connectivity index (χ1v) is 7.74. The second-order valence-corrected chi connectivity index (χ2v) is 6.92. The minimum absolute atomic E-state index is 0.193. The molecular formula is C17H27FN4. The van der Waals surface area contributed by atoms with Crippen LogP contribution in [0.1, 0.15) is 25.8 Å². The Hall–Kier alpha value is -1.78. The van der Waals surface area contributed by atoms with E-state index in [1.807, 2.05) is 26.2 Å². The molecule has 1 aromatic rings. The largest absolute Gasteiger partial charge is 0.375 e. The average Bonchev–Trinajstić information content (AvgIpc) is 2.79. The van der Waals surface area contributed by atoms with Gasteiger partial charge in [-0.2, -0.15) is 0 Å². The lowest BCUT2D eigenvalue weighted by Crippen LogP contribution is -2.40. The van der Waals surface area contributed by atoms with Gasteiger partial charge in [0.1, 0.15) is 5.82 Å². The van der Waals surface area contributed by atoms with Gasteiger partial charge in [0.2, 0.25) is 0 Å². The highest BCUT2D eigenvalue weighted by Crippen LogP contribution is 2.28. The van der Waals surface area contributed by atoms with E-state index in [4.69, 9.17) is 0 Å². The minimum atomic E-state index is -0.193. The lowest BCUT2D eigenvalue weighted by atomic mass is 9.93. The average molecular weight is 306 g/mol. The summed E-state index contributed by atoms with van der Waals surface area (Å²) in [5.41, 5.74) is 1.86. The number of aliphatic imine (C=N–C) groups is 1. The number of benzene rings is 1. The van der Waals surface area contributed by atoms with E-state index in [1.54, 1.807) is 18.0 Å². The van der Waals surface area contributed by atoms with Crippen LogP contribution in [0.4, 0.5) is 10.1 Å². The predicted octanol–water partition coefficient (Wildman–Crippen LogP) is 2.70. The number of likely N-dealkylation sites (tertiary alicyclic amines) is 1. The van der Waals surface area contributed by atoms with Crippen LogP contribution >= 0.6 is 0 Å². The molecule has 0 atom stereocenters. The molecule has 1 aliphatic heterocycles. The van der Waals surface area contributed by atoms with Crippen LogP contribution in [0, 0.1) is 11.2 Å². The SMILES string of the molecule is CN=C(NCc1ccc(N(C)C)c(F)c1)N1CCC(C)(C)C1. The van der Waals surface area contributed by atoms with Gasteiger partial charge >= 0.3 is 0 Å². The fourth-order valence-electron chi connectivity index (χ4n) is 2.83. The maximum absolute atomic E-state index is 14.0. The van der Waals surface area contributed by atoms with E-state index in [0.29, 0.717) is 17.6 Å². The zero-order valence-electron chi connectivity index (χ0n) is 14.3. The van der Waals surface area contributed by atoms with Crippen LogP contribution in [-0.2, 0) is 6.54 Å². The Kier molecular flexibility index (Phi) is 4.94. The zero-order valence-corrected chi connectivity index (χ0v) is 14.3. The van der Waals surface area contributed by atoms with E-state index in [2.05, 4.69) is 29.1 Å². The van der Waals surface area contributed by atoms with Crippen molar-refractivity contribution in [3.8, 4) is 0 Å². The molecule has 4 nitrogen and oxygen atoms in total. The van der Waals surface area contributed by atoms with Crippen molar-refractivity contribution in [1.29, 1.82) is 0 Å². The van der Waals surface area contributed by atoms with Crippen molar-refractivity contribution < 1.29 is 4.39 Å². The Bertz CT molecular complexity index is 552. The first-order valence-electron chi connectivity index (χ1n) is 7.74. The van der Waals surface area contributed by atoms with Gasteiger partial charge in [-0.15, -0.1) is 0 Å². The van der Waals surface area contributed by atoms with Crippen molar-refractivity contribution >= 4 is 11.6 Å². The second kappa shape index (κ2) is 6.55. The molecule has 5 heteroatoms. The van der Waals surface area contributed by atoms with E-state index < -0.39 is 0 Å². The quantitative estimate of drug-likeness (QED) is 0.688. The number of guanidine groups is 1. The summed E-state index contributed by atoms with van der Waals surface area (Å²) in [6, 6.07) is 5.35. The summed E-state index contributed by atoms with van der Waals surface area (Å²) >= 11 is 0. The molecule has 0 saturated carbocycles. The molecule has 0 bridgehead atoms. The van der Waals surface area contributed by atoms with Crippen LogP contribution < -0.4 is 10.2 Å². The maximum Gasteiger partial charge on any atom is 0.193 e. The van der Waals surface area contributed by atoms with E-state index in [9.17, 15) is 4.39 Å². The number of anilines is 1. The van der Waals surface area contributed by atoms with E-state index in [0.717, 1.165) is 24.6 Å². The van der Waals surface area contributed by atoms with Gasteiger partial charge in [-0.25, -0.2) is 4.39 Å². The minimum Gasteiger partial charge on any atom is -0.375 e. The highest BCUT2D eigenvalue weighted by atomic mass is 19.1. The van der Waals surface area contributed by atoms with E-state index in [1.165, 1.54) is 6.42 Å². The molecule has 0 spiro atoms. The van der Waals surface area contributed by atoms with Gasteiger partial charge in [0.05, 0.1) is 5.69 Å². The third-order valence-corrected chi connectivity index (χ3v) is 4.13. The number of hydrogen-bond donors (Lipinski definition) is 1. The predicted molar refractivity (Wildman–Crippen MR) is 90.9 cm³/mol. The fraction of sp³-hybridized carbons (Fsp3) is 0.588. The molecule has 1 saturated heterocycles. The van der Waals surface area contributed by atoms with Gasteiger partial charge in [0.15, 0.2) is 5.96 Å². The molecule has 0 amide bonds. The summed E-state index contributed by atoms with van der Waals surface area (Å²) in [4.78, 5) is 8.39. The Morgan fingerprint density at radius 2 is 2.14 bits per heavy atom. The summed E-state index contributed by atoms with van der Waals surface area (Å²) in [5.74, 6) is 0.698. The van der Waals surface area contributed by atoms with Crippen molar-refractivity contribution in [2.24, 2.45) is 10.4 Å². The van der Waals surface area contributed by atoms with Crippen LogP contribution in [0.3, 0.4) is 0 Å². The van der Waals surface area contributed by atoms with Gasteiger partial charge in [-0.05, 0) is 29.5 Å². The molecule has 2 rings (SSSR count). The molecular weight excluding hydrogens is 279 g/mol. The molecule has 1 fully saturated rings. The normalized spacial score (nSPS) is 17.7. The van der Waals surface area contributed by atoms with Gasteiger partial charge < -0.3 is 15.1 Å². The lowest BCUT2D eigenvalue weighted by molar-refractivity contribution is 0.370. The first kappa shape index (κ1) is 16.6. The monoisotopic (exact) mass is 306 g/mol. The van der Waals surface area contributed by atoms with Crippen molar-refractivity contribution in [2.75, 3.05) is 39.1 Å². The molecule has 122 valence electrons.